The second kappa shape index (κ2) is 20.0. The number of fused-ring (bicyclic) bond motifs is 6. The molecule has 9 heteroatoms. The van der Waals surface area contributed by atoms with Crippen molar-refractivity contribution in [2.45, 2.75) is 66.7 Å². The average Bonchev–Trinajstić information content (AvgIpc) is 3.19. The van der Waals surface area contributed by atoms with E-state index in [1.54, 1.807) is 0 Å². The smallest absolute Gasteiger partial charge is 0.126 e. The van der Waals surface area contributed by atoms with Crippen LogP contribution in [-0.4, -0.2) is 78.6 Å². The molecular formula is C52H59ClO8. The van der Waals surface area contributed by atoms with E-state index in [1.807, 2.05) is 0 Å². The van der Waals surface area contributed by atoms with E-state index >= 15 is 0 Å². The van der Waals surface area contributed by atoms with Gasteiger partial charge in [-0.1, -0.05) is 88.5 Å². The fraction of sp³-hybridized carbons (Fsp3) is 0.423. The molecule has 0 atom stereocenters. The predicted molar refractivity (Wildman–Crippen MR) is 241 cm³/mol. The summed E-state index contributed by atoms with van der Waals surface area (Å²) < 4.78 is 52.1. The highest BCUT2D eigenvalue weighted by Gasteiger charge is 2.25. The molecule has 8 nitrogen and oxygen atoms in total. The molecule has 0 amide bonds. The Morgan fingerprint density at radius 3 is 0.951 bits per heavy atom. The lowest BCUT2D eigenvalue weighted by Gasteiger charge is -2.25. The normalized spacial score (nSPS) is 15.6. The summed E-state index contributed by atoms with van der Waals surface area (Å²) >= 11 is 5.96. The first kappa shape index (κ1) is 42.9. The number of halogens is 1. The van der Waals surface area contributed by atoms with Crippen molar-refractivity contribution in [2.24, 2.45) is 0 Å². The van der Waals surface area contributed by atoms with Gasteiger partial charge in [-0.05, 0) is 90.3 Å². The van der Waals surface area contributed by atoms with E-state index in [-0.39, 0.29) is 0 Å². The van der Waals surface area contributed by atoms with Gasteiger partial charge in [0.2, 0.25) is 0 Å². The third-order valence-electron chi connectivity index (χ3n) is 11.4. The standard InChI is InChI=1S/C52H59ClO8/c1-33-18-38-28-40-20-34(2)22-42-30-44-24-36(4)26-46-32-47-27-37(5)25-45(52(47)61-17-12-56-11-16-60-51(44)46)31-43-23-35(3)21-41(50(43)59-15-10-55-9-14-58-49(40)42)29-39(19-33)48(38)57-13-8-54-7-6-53/h18-27H,6-17,28-32H2,1-5H3. The van der Waals surface area contributed by atoms with Gasteiger partial charge in [-0.2, -0.15) is 0 Å². The van der Waals surface area contributed by atoms with Gasteiger partial charge in [0, 0.05) is 38.0 Å². The Hall–Kier alpha value is -4.73. The van der Waals surface area contributed by atoms with Crippen LogP contribution in [0.3, 0.4) is 0 Å². The van der Waals surface area contributed by atoms with Crippen molar-refractivity contribution >= 4 is 11.6 Å². The summed E-state index contributed by atoms with van der Waals surface area (Å²) in [5.41, 5.74) is 16.8. The van der Waals surface area contributed by atoms with Crippen LogP contribution in [0.15, 0.2) is 60.7 Å². The van der Waals surface area contributed by atoms with Crippen molar-refractivity contribution in [3.63, 3.8) is 0 Å². The molecule has 322 valence electrons. The summed E-state index contributed by atoms with van der Waals surface area (Å²) in [4.78, 5) is 0. The minimum absolute atomic E-state index is 0.390. The lowest BCUT2D eigenvalue weighted by Crippen LogP contribution is -2.17. The second-order valence-corrected chi connectivity index (χ2v) is 17.1. The molecule has 0 aromatic heterocycles. The first-order chi connectivity index (χ1) is 29.7. The fourth-order valence-electron chi connectivity index (χ4n) is 9.28. The molecule has 9 rings (SSSR count). The predicted octanol–water partition coefficient (Wildman–Crippen LogP) is 9.71. The largest absolute Gasteiger partial charge is 0.491 e. The van der Waals surface area contributed by atoms with Crippen LogP contribution in [0, 0.1) is 34.6 Å². The van der Waals surface area contributed by atoms with Crippen LogP contribution in [0.1, 0.15) is 83.5 Å². The van der Waals surface area contributed by atoms with Gasteiger partial charge in [0.15, 0.2) is 0 Å². The lowest BCUT2D eigenvalue weighted by atomic mass is 9.88. The number of benzene rings is 5. The molecule has 1 aliphatic carbocycles. The highest BCUT2D eigenvalue weighted by molar-refractivity contribution is 6.17. The molecule has 5 aromatic carbocycles. The maximum Gasteiger partial charge on any atom is 0.126 e. The first-order valence-electron chi connectivity index (χ1n) is 21.8. The maximum absolute atomic E-state index is 6.84. The summed E-state index contributed by atoms with van der Waals surface area (Å²) in [5, 5.41) is 0. The van der Waals surface area contributed by atoms with Crippen molar-refractivity contribution in [2.75, 3.05) is 78.6 Å². The Kier molecular flexibility index (Phi) is 14.1. The van der Waals surface area contributed by atoms with Crippen LogP contribution in [0.25, 0.3) is 0 Å². The molecular weight excluding hydrogens is 788 g/mol. The fourth-order valence-corrected chi connectivity index (χ4v) is 9.39. The molecule has 3 aliphatic heterocycles. The molecule has 0 fully saturated rings. The summed E-state index contributed by atoms with van der Waals surface area (Å²) in [5.74, 6) is 4.80. The third-order valence-corrected chi connectivity index (χ3v) is 11.6. The molecule has 3 heterocycles. The molecule has 0 unspecified atom stereocenters. The zero-order valence-electron chi connectivity index (χ0n) is 36.4. The van der Waals surface area contributed by atoms with E-state index in [0.717, 1.165) is 101 Å². The van der Waals surface area contributed by atoms with Crippen molar-refractivity contribution < 1.29 is 37.9 Å². The molecule has 0 N–H and O–H groups in total. The Bertz CT molecular complexity index is 2200. The molecule has 4 aliphatic rings. The monoisotopic (exact) mass is 846 g/mol. The Morgan fingerprint density at radius 1 is 0.377 bits per heavy atom. The quantitative estimate of drug-likeness (QED) is 0.0933. The van der Waals surface area contributed by atoms with Gasteiger partial charge < -0.3 is 37.9 Å². The third kappa shape index (κ3) is 10.5. The van der Waals surface area contributed by atoms with Crippen LogP contribution < -0.4 is 23.7 Å². The SMILES string of the molecule is Cc1cc2c(OCCOCCCl)c(c1)Cc1cc(C)cc3c1OCCOCCOc1c(cc(C)cc1Cc1cc(C)cc4c1OCCOCCOc1c(cc(C)cc1C4)C3)C2. The zero-order chi connectivity index (χ0) is 42.3. The van der Waals surface area contributed by atoms with Crippen LogP contribution in [0.4, 0.5) is 0 Å². The van der Waals surface area contributed by atoms with Crippen molar-refractivity contribution in [3.05, 3.63) is 144 Å². The molecule has 5 aromatic rings. The molecule has 0 spiro atoms. The Balaban J connectivity index is 1.41. The van der Waals surface area contributed by atoms with Crippen molar-refractivity contribution in [3.8, 4) is 28.7 Å². The van der Waals surface area contributed by atoms with E-state index < -0.39 is 0 Å². The van der Waals surface area contributed by atoms with Gasteiger partial charge >= 0.3 is 0 Å². The van der Waals surface area contributed by atoms with E-state index in [4.69, 9.17) is 49.5 Å². The number of hydrogen-bond donors (Lipinski definition) is 0. The van der Waals surface area contributed by atoms with Gasteiger partial charge in [-0.15, -0.1) is 11.6 Å². The number of rotatable bonds is 6. The molecule has 0 radical (unpaired) electrons. The van der Waals surface area contributed by atoms with E-state index in [2.05, 4.69) is 95.3 Å². The van der Waals surface area contributed by atoms with Crippen LogP contribution in [0.5, 0.6) is 28.7 Å². The number of aryl methyl sites for hydroxylation is 5. The summed E-state index contributed by atoms with van der Waals surface area (Å²) in [7, 11) is 0. The van der Waals surface area contributed by atoms with E-state index in [0.29, 0.717) is 111 Å². The first-order valence-corrected chi connectivity index (χ1v) is 22.3. The Labute approximate surface area is 366 Å². The van der Waals surface area contributed by atoms with Crippen LogP contribution >= 0.6 is 11.6 Å². The van der Waals surface area contributed by atoms with E-state index in [1.165, 1.54) is 11.1 Å². The highest BCUT2D eigenvalue weighted by atomic mass is 35.5. The number of ether oxygens (including phenoxy) is 8. The van der Waals surface area contributed by atoms with Gasteiger partial charge in [-0.25, -0.2) is 0 Å². The topological polar surface area (TPSA) is 73.8 Å². The molecule has 0 saturated carbocycles. The molecule has 14 bridgehead atoms. The minimum Gasteiger partial charge on any atom is -0.491 e. The van der Waals surface area contributed by atoms with Gasteiger partial charge in [0.05, 0.1) is 39.6 Å². The van der Waals surface area contributed by atoms with E-state index in [9.17, 15) is 0 Å². The summed E-state index contributed by atoms with van der Waals surface area (Å²) in [6.45, 7) is 15.5. The minimum atomic E-state index is 0.390. The van der Waals surface area contributed by atoms with Crippen LogP contribution in [0.2, 0.25) is 0 Å². The van der Waals surface area contributed by atoms with Gasteiger partial charge in [0.1, 0.15) is 61.8 Å². The van der Waals surface area contributed by atoms with Crippen molar-refractivity contribution in [1.82, 2.24) is 0 Å². The second-order valence-electron chi connectivity index (χ2n) is 16.7. The van der Waals surface area contributed by atoms with Crippen LogP contribution in [-0.2, 0) is 46.3 Å². The average molecular weight is 847 g/mol. The molecule has 61 heavy (non-hydrogen) atoms. The summed E-state index contributed by atoms with van der Waals surface area (Å²) in [6, 6.07) is 22.6. The number of alkyl halides is 1. The number of hydrogen-bond acceptors (Lipinski definition) is 8. The highest BCUT2D eigenvalue weighted by Crippen LogP contribution is 2.41. The molecule has 0 saturated heterocycles. The Morgan fingerprint density at radius 2 is 0.656 bits per heavy atom. The van der Waals surface area contributed by atoms with Gasteiger partial charge in [-0.3, -0.25) is 0 Å². The van der Waals surface area contributed by atoms with Gasteiger partial charge in [0.25, 0.3) is 0 Å². The zero-order valence-corrected chi connectivity index (χ0v) is 37.2. The maximum atomic E-state index is 6.84. The lowest BCUT2D eigenvalue weighted by molar-refractivity contribution is 0.0746. The summed E-state index contributed by atoms with van der Waals surface area (Å²) in [6.07, 6.45) is 3.10. The van der Waals surface area contributed by atoms with Crippen molar-refractivity contribution in [1.29, 1.82) is 0 Å².